The normalized spacial score (nSPS) is 10.5. The fourth-order valence-corrected chi connectivity index (χ4v) is 4.43. The molecule has 0 bridgehead atoms. The Bertz CT molecular complexity index is 1580. The molecule has 0 spiro atoms. The maximum atomic E-state index is 12.1. The van der Waals surface area contributed by atoms with Crippen molar-refractivity contribution >= 4 is 35.6 Å². The Labute approximate surface area is 224 Å². The molecule has 4 aromatic carbocycles. The molecule has 0 aliphatic heterocycles. The van der Waals surface area contributed by atoms with Gasteiger partial charge in [0.1, 0.15) is 22.6 Å². The van der Waals surface area contributed by atoms with Crippen molar-refractivity contribution in [2.24, 2.45) is 0 Å². The quantitative estimate of drug-likeness (QED) is 0.178. The van der Waals surface area contributed by atoms with Gasteiger partial charge >= 0.3 is 23.9 Å². The van der Waals surface area contributed by atoms with Gasteiger partial charge in [-0.15, -0.1) is 0 Å². The minimum Gasteiger partial charge on any atom is -0.478 e. The van der Waals surface area contributed by atoms with Crippen molar-refractivity contribution in [3.63, 3.8) is 0 Å². The van der Waals surface area contributed by atoms with Crippen LogP contribution in [0.3, 0.4) is 0 Å². The highest BCUT2D eigenvalue weighted by Crippen LogP contribution is 2.41. The largest absolute Gasteiger partial charge is 0.478 e. The van der Waals surface area contributed by atoms with Crippen LogP contribution < -0.4 is 9.47 Å². The Kier molecular flexibility index (Phi) is 7.82. The molecule has 0 aliphatic rings. The summed E-state index contributed by atoms with van der Waals surface area (Å²) in [6.07, 6.45) is 0. The van der Waals surface area contributed by atoms with E-state index in [4.69, 9.17) is 9.47 Å². The Morgan fingerprint density at radius 1 is 0.513 bits per heavy atom. The summed E-state index contributed by atoms with van der Waals surface area (Å²) >= 11 is 1.50. The molecule has 0 fully saturated rings. The van der Waals surface area contributed by atoms with Gasteiger partial charge in [0.15, 0.2) is 11.5 Å². The molecule has 0 saturated carbocycles. The zero-order valence-corrected chi connectivity index (χ0v) is 20.5. The third-order valence-corrected chi connectivity index (χ3v) is 6.29. The minimum atomic E-state index is -1.69. The number of carbonyl (C=O) groups is 4. The van der Waals surface area contributed by atoms with Crippen molar-refractivity contribution in [1.29, 1.82) is 0 Å². The molecular weight excluding hydrogens is 528 g/mol. The molecule has 11 heteroatoms. The number of benzene rings is 4. The third kappa shape index (κ3) is 6.00. The average Bonchev–Trinajstić information content (AvgIpc) is 2.90. The Morgan fingerprint density at radius 2 is 1.10 bits per heavy atom. The Morgan fingerprint density at radius 3 is 1.69 bits per heavy atom. The molecule has 196 valence electrons. The number of ether oxygens (including phenoxy) is 2. The van der Waals surface area contributed by atoms with Gasteiger partial charge in [0.25, 0.3) is 0 Å². The summed E-state index contributed by atoms with van der Waals surface area (Å²) in [5, 5.41) is 38.5. The van der Waals surface area contributed by atoms with E-state index in [1.165, 1.54) is 23.9 Å². The molecule has 4 N–H and O–H groups in total. The molecule has 0 radical (unpaired) electrons. The van der Waals surface area contributed by atoms with E-state index in [-0.39, 0.29) is 11.5 Å². The number of carboxylic acids is 4. The van der Waals surface area contributed by atoms with Gasteiger partial charge in [-0.25, -0.2) is 19.2 Å². The number of hydrogen-bond acceptors (Lipinski definition) is 7. The second kappa shape index (κ2) is 11.4. The van der Waals surface area contributed by atoms with Crippen LogP contribution >= 0.6 is 11.8 Å². The maximum Gasteiger partial charge on any atom is 0.340 e. The van der Waals surface area contributed by atoms with Crippen LogP contribution in [0.25, 0.3) is 0 Å². The fourth-order valence-electron chi connectivity index (χ4n) is 3.59. The van der Waals surface area contributed by atoms with Gasteiger partial charge in [-0.1, -0.05) is 36.0 Å². The van der Waals surface area contributed by atoms with Crippen LogP contribution in [-0.4, -0.2) is 44.3 Å². The first-order chi connectivity index (χ1) is 18.7. The first-order valence-electron chi connectivity index (χ1n) is 11.1. The molecule has 0 heterocycles. The molecule has 4 rings (SSSR count). The molecule has 0 unspecified atom stereocenters. The summed E-state index contributed by atoms with van der Waals surface area (Å²) in [5.74, 6) is -7.60. The van der Waals surface area contributed by atoms with E-state index < -0.39 is 57.6 Å². The Balaban J connectivity index is 1.78. The van der Waals surface area contributed by atoms with Crippen LogP contribution in [0.2, 0.25) is 0 Å². The van der Waals surface area contributed by atoms with E-state index in [1.807, 2.05) is 30.3 Å². The van der Waals surface area contributed by atoms with Crippen LogP contribution in [0.1, 0.15) is 41.4 Å². The second-order valence-electron chi connectivity index (χ2n) is 7.81. The maximum absolute atomic E-state index is 12.1. The number of aromatic carboxylic acids is 4. The summed E-state index contributed by atoms with van der Waals surface area (Å²) in [7, 11) is 0. The van der Waals surface area contributed by atoms with Crippen LogP contribution in [0.4, 0.5) is 0 Å². The van der Waals surface area contributed by atoms with E-state index in [2.05, 4.69) is 0 Å². The van der Waals surface area contributed by atoms with Gasteiger partial charge in [0.2, 0.25) is 0 Å². The first kappa shape index (κ1) is 26.8. The second-order valence-corrected chi connectivity index (χ2v) is 8.95. The van der Waals surface area contributed by atoms with Crippen molar-refractivity contribution in [2.75, 3.05) is 0 Å². The van der Waals surface area contributed by atoms with Crippen molar-refractivity contribution in [1.82, 2.24) is 0 Å². The highest BCUT2D eigenvalue weighted by atomic mass is 32.2. The van der Waals surface area contributed by atoms with Crippen molar-refractivity contribution in [3.05, 3.63) is 107 Å². The lowest BCUT2D eigenvalue weighted by molar-refractivity contribution is 0.0645. The third-order valence-electron chi connectivity index (χ3n) is 5.28. The van der Waals surface area contributed by atoms with Crippen LogP contribution in [0.5, 0.6) is 23.0 Å². The van der Waals surface area contributed by atoms with Gasteiger partial charge < -0.3 is 29.9 Å². The predicted molar refractivity (Wildman–Crippen MR) is 138 cm³/mol. The van der Waals surface area contributed by atoms with E-state index in [9.17, 15) is 39.6 Å². The first-order valence-corrected chi connectivity index (χ1v) is 11.9. The summed E-state index contributed by atoms with van der Waals surface area (Å²) < 4.78 is 11.5. The SMILES string of the molecule is O=C(O)c1cccc(Oc2c(Oc3ccc(Sc4ccccc4)cc3)ccc(C(=O)O)c2C(=O)O)c1C(=O)O. The standard InChI is InChI=1S/C28H18O10S/c29-25(30)18-7-4-8-20(22(18)27(33)34)38-24-21(14-13-19(26(31)32)23(24)28(35)36)37-15-9-11-17(12-10-15)39-16-5-2-1-3-6-16/h1-14H,(H,29,30)(H,31,32)(H,33,34)(H,35,36). The molecule has 0 aromatic heterocycles. The van der Waals surface area contributed by atoms with Gasteiger partial charge in [0, 0.05) is 9.79 Å². The summed E-state index contributed by atoms with van der Waals surface area (Å²) in [6.45, 7) is 0. The minimum absolute atomic E-state index is 0.238. The number of hydrogen-bond donors (Lipinski definition) is 4. The average molecular weight is 547 g/mol. The van der Waals surface area contributed by atoms with Gasteiger partial charge in [-0.2, -0.15) is 0 Å². The van der Waals surface area contributed by atoms with Gasteiger partial charge in [-0.3, -0.25) is 0 Å². The molecule has 0 saturated heterocycles. The predicted octanol–water partition coefficient (Wildman–Crippen LogP) is 6.22. The van der Waals surface area contributed by atoms with E-state index >= 15 is 0 Å². The van der Waals surface area contributed by atoms with E-state index in [0.29, 0.717) is 0 Å². The van der Waals surface area contributed by atoms with Gasteiger partial charge in [0.05, 0.1) is 11.1 Å². The van der Waals surface area contributed by atoms with Crippen molar-refractivity contribution in [2.45, 2.75) is 9.79 Å². The zero-order chi connectivity index (χ0) is 28.1. The van der Waals surface area contributed by atoms with E-state index in [0.717, 1.165) is 28.0 Å². The number of rotatable bonds is 10. The van der Waals surface area contributed by atoms with Crippen molar-refractivity contribution < 1.29 is 49.1 Å². The summed E-state index contributed by atoms with van der Waals surface area (Å²) in [4.78, 5) is 49.3. The lowest BCUT2D eigenvalue weighted by Crippen LogP contribution is -2.13. The molecule has 0 amide bonds. The number of carboxylic acid groups (broad SMARTS) is 4. The molecule has 4 aromatic rings. The Hall–Kier alpha value is -5.29. The lowest BCUT2D eigenvalue weighted by Gasteiger charge is -2.18. The highest BCUT2D eigenvalue weighted by Gasteiger charge is 2.29. The van der Waals surface area contributed by atoms with Crippen LogP contribution in [0, 0.1) is 0 Å². The van der Waals surface area contributed by atoms with E-state index in [1.54, 1.807) is 24.3 Å². The monoisotopic (exact) mass is 546 g/mol. The highest BCUT2D eigenvalue weighted by molar-refractivity contribution is 7.99. The lowest BCUT2D eigenvalue weighted by atomic mass is 10.0. The molecule has 0 aliphatic carbocycles. The zero-order valence-electron chi connectivity index (χ0n) is 19.7. The molecule has 0 atom stereocenters. The van der Waals surface area contributed by atoms with Crippen LogP contribution in [0.15, 0.2) is 94.7 Å². The topological polar surface area (TPSA) is 168 Å². The molecule has 10 nitrogen and oxygen atoms in total. The fraction of sp³-hybridized carbons (Fsp3) is 0. The van der Waals surface area contributed by atoms with Crippen molar-refractivity contribution in [3.8, 4) is 23.0 Å². The van der Waals surface area contributed by atoms with Gasteiger partial charge in [-0.05, 0) is 60.7 Å². The van der Waals surface area contributed by atoms with Crippen LogP contribution in [-0.2, 0) is 0 Å². The summed E-state index contributed by atoms with van der Waals surface area (Å²) in [6, 6.07) is 21.9. The molecular formula is C28H18O10S. The summed E-state index contributed by atoms with van der Waals surface area (Å²) in [5.41, 5.74) is -2.82. The molecule has 39 heavy (non-hydrogen) atoms. The smallest absolute Gasteiger partial charge is 0.340 e.